The monoisotopic (exact) mass is 269 g/mol. The molecule has 1 aromatic carbocycles. The number of hydrogen-bond donors (Lipinski definition) is 0. The minimum absolute atomic E-state index is 0.0892. The van der Waals surface area contributed by atoms with Crippen LogP contribution in [0.15, 0.2) is 24.3 Å². The number of carbonyl (C=O) groups excluding carboxylic acids is 1. The summed E-state index contributed by atoms with van der Waals surface area (Å²) in [5.41, 5.74) is 1.09. The fraction of sp³-hybridized carbons (Fsp3) is 0.417. The lowest BCUT2D eigenvalue weighted by molar-refractivity contribution is -0.384. The van der Waals surface area contributed by atoms with E-state index in [2.05, 4.69) is 4.74 Å². The van der Waals surface area contributed by atoms with Gasteiger partial charge < -0.3 is 4.74 Å². The molecule has 0 aromatic heterocycles. The lowest BCUT2D eigenvalue weighted by Gasteiger charge is -2.09. The molecule has 0 aliphatic rings. The molecule has 6 heteroatoms. The van der Waals surface area contributed by atoms with Crippen LogP contribution in [0.3, 0.4) is 0 Å². The Morgan fingerprint density at radius 2 is 2.06 bits per heavy atom. The van der Waals surface area contributed by atoms with Gasteiger partial charge in [-0.15, -0.1) is 0 Å². The maximum absolute atomic E-state index is 11.0. The van der Waals surface area contributed by atoms with Crippen molar-refractivity contribution in [3.05, 3.63) is 39.9 Å². The second kappa shape index (κ2) is 7.00. The second-order valence-corrected chi connectivity index (χ2v) is 5.25. The summed E-state index contributed by atoms with van der Waals surface area (Å²) in [6.07, 6.45) is 0.369. The quantitative estimate of drug-likeness (QED) is 0.451. The Kier molecular flexibility index (Phi) is 5.64. The van der Waals surface area contributed by atoms with Gasteiger partial charge in [0.05, 0.1) is 18.5 Å². The number of ether oxygens (including phenoxy) is 1. The van der Waals surface area contributed by atoms with Crippen molar-refractivity contribution in [2.45, 2.75) is 24.3 Å². The Morgan fingerprint density at radius 1 is 1.44 bits per heavy atom. The first-order valence-electron chi connectivity index (χ1n) is 5.44. The molecule has 0 radical (unpaired) electrons. The van der Waals surface area contributed by atoms with Crippen molar-refractivity contribution in [3.8, 4) is 0 Å². The van der Waals surface area contributed by atoms with E-state index in [9.17, 15) is 14.9 Å². The third-order valence-corrected chi connectivity index (χ3v) is 3.60. The Balaban J connectivity index is 2.43. The van der Waals surface area contributed by atoms with E-state index >= 15 is 0 Å². The topological polar surface area (TPSA) is 69.4 Å². The zero-order valence-electron chi connectivity index (χ0n) is 10.3. The molecule has 18 heavy (non-hydrogen) atoms. The van der Waals surface area contributed by atoms with Crippen LogP contribution in [0.4, 0.5) is 5.69 Å². The van der Waals surface area contributed by atoms with Crippen LogP contribution in [0, 0.1) is 10.1 Å². The van der Waals surface area contributed by atoms with Gasteiger partial charge in [-0.1, -0.05) is 19.1 Å². The number of nitro benzene ring substituents is 1. The number of esters is 1. The summed E-state index contributed by atoms with van der Waals surface area (Å²) in [6.45, 7) is 1.95. The van der Waals surface area contributed by atoms with E-state index in [4.69, 9.17) is 0 Å². The average Bonchev–Trinajstić information content (AvgIpc) is 2.36. The van der Waals surface area contributed by atoms with Gasteiger partial charge in [0, 0.05) is 23.1 Å². The fourth-order valence-corrected chi connectivity index (χ4v) is 2.25. The van der Waals surface area contributed by atoms with E-state index in [1.807, 2.05) is 6.92 Å². The van der Waals surface area contributed by atoms with E-state index in [0.29, 0.717) is 6.42 Å². The van der Waals surface area contributed by atoms with Crippen molar-refractivity contribution in [2.75, 3.05) is 7.11 Å². The first-order chi connectivity index (χ1) is 8.52. The molecule has 0 fully saturated rings. The summed E-state index contributed by atoms with van der Waals surface area (Å²) < 4.78 is 4.59. The Bertz CT molecular complexity index is 419. The molecular formula is C12H15NO4S. The largest absolute Gasteiger partial charge is 0.469 e. The molecule has 0 bridgehead atoms. The number of rotatable bonds is 6. The zero-order valence-corrected chi connectivity index (χ0v) is 11.1. The van der Waals surface area contributed by atoms with Crippen LogP contribution in [-0.4, -0.2) is 23.3 Å². The van der Waals surface area contributed by atoms with Gasteiger partial charge in [0.2, 0.25) is 0 Å². The van der Waals surface area contributed by atoms with Crippen LogP contribution in [0.5, 0.6) is 0 Å². The molecule has 0 aliphatic heterocycles. The van der Waals surface area contributed by atoms with Crippen LogP contribution in [0.25, 0.3) is 0 Å². The van der Waals surface area contributed by atoms with Gasteiger partial charge in [-0.2, -0.15) is 11.8 Å². The average molecular weight is 269 g/mol. The Morgan fingerprint density at radius 3 is 2.56 bits per heavy atom. The predicted molar refractivity (Wildman–Crippen MR) is 70.5 cm³/mol. The Labute approximate surface area is 110 Å². The Hall–Kier alpha value is -1.56. The molecule has 5 nitrogen and oxygen atoms in total. The minimum Gasteiger partial charge on any atom is -0.469 e. The third-order valence-electron chi connectivity index (χ3n) is 2.36. The number of nitro groups is 1. The van der Waals surface area contributed by atoms with Crippen molar-refractivity contribution >= 4 is 23.4 Å². The van der Waals surface area contributed by atoms with Crippen LogP contribution >= 0.6 is 11.8 Å². The standard InChI is InChI=1S/C12H15NO4S/c1-9(7-12(14)17-2)18-8-10-3-5-11(6-4-10)13(15)16/h3-6,9H,7-8H2,1-2H3/t9-/m1/s1. The van der Waals surface area contributed by atoms with Gasteiger partial charge in [0.25, 0.3) is 5.69 Å². The van der Waals surface area contributed by atoms with Gasteiger partial charge in [0.15, 0.2) is 0 Å². The molecule has 1 rings (SSSR count). The minimum atomic E-state index is -0.420. The summed E-state index contributed by atoms with van der Waals surface area (Å²) in [6, 6.07) is 6.44. The first-order valence-corrected chi connectivity index (χ1v) is 6.49. The number of hydrogen-bond acceptors (Lipinski definition) is 5. The van der Waals surface area contributed by atoms with E-state index in [-0.39, 0.29) is 16.9 Å². The number of thioether (sulfide) groups is 1. The SMILES string of the molecule is COC(=O)C[C@@H](C)SCc1ccc([N+](=O)[O-])cc1. The zero-order chi connectivity index (χ0) is 13.5. The highest BCUT2D eigenvalue weighted by Crippen LogP contribution is 2.21. The van der Waals surface area contributed by atoms with Gasteiger partial charge in [0.1, 0.15) is 0 Å². The summed E-state index contributed by atoms with van der Waals surface area (Å²) in [4.78, 5) is 21.1. The van der Waals surface area contributed by atoms with Crippen molar-refractivity contribution in [2.24, 2.45) is 0 Å². The molecule has 0 aliphatic carbocycles. The highest BCUT2D eigenvalue weighted by molar-refractivity contribution is 7.99. The van der Waals surface area contributed by atoms with E-state index in [0.717, 1.165) is 11.3 Å². The van der Waals surface area contributed by atoms with Crippen LogP contribution in [-0.2, 0) is 15.3 Å². The summed E-state index contributed by atoms with van der Waals surface area (Å²) in [5, 5.41) is 10.6. The fourth-order valence-electron chi connectivity index (χ4n) is 1.33. The lowest BCUT2D eigenvalue weighted by atomic mass is 10.2. The van der Waals surface area contributed by atoms with Crippen LogP contribution in [0.2, 0.25) is 0 Å². The van der Waals surface area contributed by atoms with Crippen molar-refractivity contribution in [1.82, 2.24) is 0 Å². The van der Waals surface area contributed by atoms with Crippen molar-refractivity contribution in [3.63, 3.8) is 0 Å². The maximum atomic E-state index is 11.0. The molecule has 0 unspecified atom stereocenters. The third kappa shape index (κ3) is 4.75. The first kappa shape index (κ1) is 14.5. The molecule has 98 valence electrons. The molecule has 0 saturated heterocycles. The summed E-state index contributed by atoms with van der Waals surface area (Å²) in [7, 11) is 1.37. The van der Waals surface area contributed by atoms with E-state index < -0.39 is 4.92 Å². The van der Waals surface area contributed by atoms with E-state index in [1.165, 1.54) is 19.2 Å². The predicted octanol–water partition coefficient (Wildman–Crippen LogP) is 2.78. The number of carbonyl (C=O) groups is 1. The molecule has 0 spiro atoms. The normalized spacial score (nSPS) is 11.9. The van der Waals surface area contributed by atoms with Crippen molar-refractivity contribution < 1.29 is 14.5 Å². The van der Waals surface area contributed by atoms with Gasteiger partial charge in [-0.3, -0.25) is 14.9 Å². The summed E-state index contributed by atoms with van der Waals surface area (Å²) in [5.74, 6) is 0.495. The maximum Gasteiger partial charge on any atom is 0.306 e. The smallest absolute Gasteiger partial charge is 0.306 e. The number of non-ortho nitro benzene ring substituents is 1. The van der Waals surface area contributed by atoms with Crippen LogP contribution in [0.1, 0.15) is 18.9 Å². The molecule has 0 amide bonds. The highest BCUT2D eigenvalue weighted by Gasteiger charge is 2.10. The molecule has 0 saturated carbocycles. The van der Waals surface area contributed by atoms with Crippen LogP contribution < -0.4 is 0 Å². The number of nitrogens with zero attached hydrogens (tertiary/aromatic N) is 1. The molecule has 1 atom stereocenters. The van der Waals surface area contributed by atoms with Gasteiger partial charge >= 0.3 is 5.97 Å². The lowest BCUT2D eigenvalue weighted by Crippen LogP contribution is -2.08. The molecule has 0 N–H and O–H groups in total. The van der Waals surface area contributed by atoms with Gasteiger partial charge in [-0.25, -0.2) is 0 Å². The number of benzene rings is 1. The summed E-state index contributed by atoms with van der Waals surface area (Å²) >= 11 is 1.62. The molecule has 1 aromatic rings. The second-order valence-electron chi connectivity index (χ2n) is 3.83. The van der Waals surface area contributed by atoms with Gasteiger partial charge in [-0.05, 0) is 5.56 Å². The van der Waals surface area contributed by atoms with E-state index in [1.54, 1.807) is 23.9 Å². The number of methoxy groups -OCH3 is 1. The molecule has 0 heterocycles. The van der Waals surface area contributed by atoms with Crippen molar-refractivity contribution in [1.29, 1.82) is 0 Å². The highest BCUT2D eigenvalue weighted by atomic mass is 32.2. The molecular weight excluding hydrogens is 254 g/mol.